The van der Waals surface area contributed by atoms with Crippen molar-refractivity contribution in [1.29, 1.82) is 0 Å². The Hall–Kier alpha value is -1.93. The number of likely N-dealkylation sites (N-methyl/N-ethyl adjacent to an activating group) is 2. The van der Waals surface area contributed by atoms with Crippen molar-refractivity contribution in [2.24, 2.45) is 5.92 Å². The van der Waals surface area contributed by atoms with E-state index in [1.807, 2.05) is 13.8 Å². The van der Waals surface area contributed by atoms with Crippen LogP contribution in [0.4, 0.5) is 0 Å². The molecule has 0 aliphatic rings. The molecule has 8 heteroatoms. The van der Waals surface area contributed by atoms with Crippen LogP contribution in [0.1, 0.15) is 26.0 Å². The molecule has 124 valence electrons. The van der Waals surface area contributed by atoms with E-state index in [1.165, 1.54) is 13.4 Å². The number of imidazole rings is 1. The Morgan fingerprint density at radius 3 is 2.68 bits per heavy atom. The van der Waals surface area contributed by atoms with Crippen LogP contribution < -0.4 is 5.32 Å². The molecule has 8 nitrogen and oxygen atoms in total. The smallest absolute Gasteiger partial charge is 0.342 e. The molecule has 0 aromatic carbocycles. The molecule has 0 saturated carbocycles. The van der Waals surface area contributed by atoms with Crippen LogP contribution in [0.15, 0.2) is 12.5 Å². The van der Waals surface area contributed by atoms with Gasteiger partial charge in [-0.15, -0.1) is 5.06 Å². The van der Waals surface area contributed by atoms with Crippen molar-refractivity contribution in [3.05, 3.63) is 18.2 Å². The summed E-state index contributed by atoms with van der Waals surface area (Å²) in [7, 11) is 3.12. The molecule has 3 atom stereocenters. The second-order valence-electron chi connectivity index (χ2n) is 5.24. The molecule has 0 aliphatic heterocycles. The first-order chi connectivity index (χ1) is 10.4. The van der Waals surface area contributed by atoms with E-state index in [0.29, 0.717) is 5.69 Å². The highest BCUT2D eigenvalue weighted by molar-refractivity contribution is 5.77. The Balaban J connectivity index is 2.72. The molecule has 1 aromatic heterocycles. The van der Waals surface area contributed by atoms with Crippen molar-refractivity contribution in [3.63, 3.8) is 0 Å². The van der Waals surface area contributed by atoms with E-state index >= 15 is 0 Å². The number of hydrogen-bond acceptors (Lipinski definition) is 6. The summed E-state index contributed by atoms with van der Waals surface area (Å²) >= 11 is 0. The number of carboxylic acids is 1. The van der Waals surface area contributed by atoms with Crippen LogP contribution in [0, 0.1) is 5.92 Å². The normalized spacial score (nSPS) is 15.3. The monoisotopic (exact) mass is 312 g/mol. The number of nitrogens with one attached hydrogen (secondary N) is 2. The third kappa shape index (κ3) is 4.81. The lowest BCUT2D eigenvalue weighted by Gasteiger charge is -2.27. The topological polar surface area (TPSA) is 108 Å². The summed E-state index contributed by atoms with van der Waals surface area (Å²) < 4.78 is 0. The van der Waals surface area contributed by atoms with Crippen LogP contribution in [0.2, 0.25) is 0 Å². The SMILES string of the molecule is CC[C@H](C)[C@H](NC)C(=O)ON(C)[C@@H](Cc1cnc[nH]1)C(=O)O. The van der Waals surface area contributed by atoms with Gasteiger partial charge in [-0.05, 0) is 13.0 Å². The largest absolute Gasteiger partial charge is 0.480 e. The number of aliphatic carboxylic acids is 1. The van der Waals surface area contributed by atoms with Gasteiger partial charge in [-0.25, -0.2) is 9.78 Å². The number of nitrogens with zero attached hydrogens (tertiary/aromatic N) is 2. The van der Waals surface area contributed by atoms with E-state index in [1.54, 1.807) is 13.2 Å². The molecule has 0 spiro atoms. The van der Waals surface area contributed by atoms with E-state index in [0.717, 1.165) is 11.5 Å². The second kappa shape index (κ2) is 8.50. The Kier molecular flexibility index (Phi) is 7.00. The minimum Gasteiger partial charge on any atom is -0.480 e. The van der Waals surface area contributed by atoms with Gasteiger partial charge in [-0.3, -0.25) is 4.79 Å². The molecule has 1 rings (SSSR count). The maximum atomic E-state index is 12.2. The Morgan fingerprint density at radius 1 is 1.55 bits per heavy atom. The molecule has 0 aliphatic carbocycles. The summed E-state index contributed by atoms with van der Waals surface area (Å²) in [6, 6.07) is -1.46. The third-order valence-corrected chi connectivity index (χ3v) is 3.70. The average Bonchev–Trinajstić information content (AvgIpc) is 2.97. The highest BCUT2D eigenvalue weighted by Crippen LogP contribution is 2.12. The van der Waals surface area contributed by atoms with Crippen LogP contribution in [-0.4, -0.2) is 58.3 Å². The van der Waals surface area contributed by atoms with Crippen molar-refractivity contribution >= 4 is 11.9 Å². The Morgan fingerprint density at radius 2 is 2.23 bits per heavy atom. The van der Waals surface area contributed by atoms with Gasteiger partial charge in [0.1, 0.15) is 12.1 Å². The van der Waals surface area contributed by atoms with Crippen molar-refractivity contribution < 1.29 is 19.5 Å². The number of hydrogen-bond donors (Lipinski definition) is 3. The van der Waals surface area contributed by atoms with Gasteiger partial charge in [-0.2, -0.15) is 0 Å². The van der Waals surface area contributed by atoms with Crippen molar-refractivity contribution in [3.8, 4) is 0 Å². The van der Waals surface area contributed by atoms with Crippen LogP contribution in [0.25, 0.3) is 0 Å². The predicted octanol–water partition coefficient (Wildman–Crippen LogP) is 0.430. The fourth-order valence-corrected chi connectivity index (χ4v) is 2.11. The lowest BCUT2D eigenvalue weighted by atomic mass is 10.00. The molecule has 0 radical (unpaired) electrons. The molecule has 0 unspecified atom stereocenters. The molecule has 0 amide bonds. The van der Waals surface area contributed by atoms with Crippen molar-refractivity contribution in [2.75, 3.05) is 14.1 Å². The number of carbonyl (C=O) groups is 2. The van der Waals surface area contributed by atoms with Crippen LogP contribution in [0.5, 0.6) is 0 Å². The standard InChI is InChI=1S/C14H24N4O4/c1-5-9(2)12(15-3)14(21)22-18(4)11(13(19)20)6-10-7-16-8-17-10/h7-9,11-12,15H,5-6H2,1-4H3,(H,16,17)(H,19,20)/t9-,11-,12-/m0/s1. The zero-order chi connectivity index (χ0) is 16.7. The molecule has 0 saturated heterocycles. The summed E-state index contributed by atoms with van der Waals surface area (Å²) in [5.74, 6) is -1.48. The minimum absolute atomic E-state index is 0.0850. The molecule has 22 heavy (non-hydrogen) atoms. The first-order valence-corrected chi connectivity index (χ1v) is 7.22. The fraction of sp³-hybridized carbons (Fsp3) is 0.643. The quantitative estimate of drug-likeness (QED) is 0.567. The number of rotatable bonds is 9. The molecule has 0 fully saturated rings. The van der Waals surface area contributed by atoms with E-state index in [2.05, 4.69) is 15.3 Å². The lowest BCUT2D eigenvalue weighted by Crippen LogP contribution is -2.47. The highest BCUT2D eigenvalue weighted by atomic mass is 16.7. The van der Waals surface area contributed by atoms with Gasteiger partial charge in [0.2, 0.25) is 0 Å². The number of carbonyl (C=O) groups excluding carboxylic acids is 1. The maximum Gasteiger partial charge on any atom is 0.342 e. The third-order valence-electron chi connectivity index (χ3n) is 3.70. The number of carboxylic acid groups (broad SMARTS) is 1. The van der Waals surface area contributed by atoms with Crippen molar-refractivity contribution in [1.82, 2.24) is 20.3 Å². The van der Waals surface area contributed by atoms with Gasteiger partial charge < -0.3 is 20.2 Å². The molecule has 3 N–H and O–H groups in total. The van der Waals surface area contributed by atoms with E-state index in [4.69, 9.17) is 4.84 Å². The minimum atomic E-state index is -1.07. The Labute approximate surface area is 129 Å². The summed E-state index contributed by atoms with van der Waals surface area (Å²) in [6.45, 7) is 3.91. The summed E-state index contributed by atoms with van der Waals surface area (Å²) in [5.41, 5.74) is 0.655. The Bertz CT molecular complexity index is 477. The van der Waals surface area contributed by atoms with Gasteiger partial charge >= 0.3 is 11.9 Å². The first kappa shape index (κ1) is 18.1. The zero-order valence-electron chi connectivity index (χ0n) is 13.4. The van der Waals surface area contributed by atoms with Crippen LogP contribution >= 0.6 is 0 Å². The van der Waals surface area contributed by atoms with Crippen molar-refractivity contribution in [2.45, 2.75) is 38.8 Å². The summed E-state index contributed by atoms with van der Waals surface area (Å²) in [4.78, 5) is 35.5. The van der Waals surface area contributed by atoms with Gasteiger partial charge in [0.05, 0.1) is 6.33 Å². The lowest BCUT2D eigenvalue weighted by molar-refractivity contribution is -0.202. The maximum absolute atomic E-state index is 12.2. The number of aromatic amines is 1. The predicted molar refractivity (Wildman–Crippen MR) is 79.9 cm³/mol. The van der Waals surface area contributed by atoms with Gasteiger partial charge in [0.25, 0.3) is 0 Å². The fourth-order valence-electron chi connectivity index (χ4n) is 2.11. The van der Waals surface area contributed by atoms with E-state index in [-0.39, 0.29) is 12.3 Å². The van der Waals surface area contributed by atoms with Gasteiger partial charge in [0, 0.05) is 25.4 Å². The summed E-state index contributed by atoms with van der Waals surface area (Å²) in [6.07, 6.45) is 3.98. The van der Waals surface area contributed by atoms with Crippen LogP contribution in [0.3, 0.4) is 0 Å². The first-order valence-electron chi connectivity index (χ1n) is 7.22. The van der Waals surface area contributed by atoms with E-state index in [9.17, 15) is 14.7 Å². The second-order valence-corrected chi connectivity index (χ2v) is 5.24. The van der Waals surface area contributed by atoms with Gasteiger partial charge in [-0.1, -0.05) is 20.3 Å². The van der Waals surface area contributed by atoms with Gasteiger partial charge in [0.15, 0.2) is 0 Å². The van der Waals surface area contributed by atoms with E-state index < -0.39 is 24.0 Å². The number of aromatic nitrogens is 2. The molecule has 0 bridgehead atoms. The number of H-pyrrole nitrogens is 1. The number of hydroxylamine groups is 2. The molecular weight excluding hydrogens is 288 g/mol. The molecular formula is C14H24N4O4. The summed E-state index contributed by atoms with van der Waals surface area (Å²) in [5, 5.41) is 13.3. The molecule has 1 heterocycles. The zero-order valence-corrected chi connectivity index (χ0v) is 13.4. The average molecular weight is 312 g/mol. The highest BCUT2D eigenvalue weighted by Gasteiger charge is 2.30. The van der Waals surface area contributed by atoms with Crippen LogP contribution in [-0.2, 0) is 20.8 Å². The molecule has 1 aromatic rings.